The van der Waals surface area contributed by atoms with E-state index in [1.807, 2.05) is 0 Å². The molecule has 0 radical (unpaired) electrons. The molecule has 13 rings (SSSR count). The predicted molar refractivity (Wildman–Crippen MR) is 303 cm³/mol. The third kappa shape index (κ3) is 7.34. The van der Waals surface area contributed by atoms with Crippen LogP contribution in [0.5, 0.6) is 0 Å². The molecule has 72 heavy (non-hydrogen) atoms. The Kier molecular flexibility index (Phi) is 10.8. The van der Waals surface area contributed by atoms with E-state index in [1.54, 1.807) is 0 Å². The number of hydrogen-bond acceptors (Lipinski definition) is 1. The molecule has 0 aromatic heterocycles. The van der Waals surface area contributed by atoms with E-state index < -0.39 is 5.41 Å². The number of para-hydroxylation sites is 1. The van der Waals surface area contributed by atoms with Crippen LogP contribution in [0.3, 0.4) is 0 Å². The van der Waals surface area contributed by atoms with Crippen LogP contribution in [-0.2, 0) is 5.41 Å². The van der Waals surface area contributed by atoms with E-state index in [-0.39, 0.29) is 0 Å². The van der Waals surface area contributed by atoms with Crippen LogP contribution in [-0.4, -0.2) is 0 Å². The number of nitrogens with zero attached hydrogens (tertiary/aromatic N) is 1. The summed E-state index contributed by atoms with van der Waals surface area (Å²) in [5, 5.41) is 2.52. The van der Waals surface area contributed by atoms with E-state index in [0.29, 0.717) is 0 Å². The molecule has 0 atom stereocenters. The Morgan fingerprint density at radius 3 is 1.26 bits per heavy atom. The lowest BCUT2D eigenvalue weighted by molar-refractivity contribution is 0.768. The Balaban J connectivity index is 0.911. The molecule has 12 aromatic rings. The topological polar surface area (TPSA) is 3.24 Å². The highest BCUT2D eigenvalue weighted by Gasteiger charge is 2.46. The zero-order valence-corrected chi connectivity index (χ0v) is 39.7. The van der Waals surface area contributed by atoms with Gasteiger partial charge in [-0.3, -0.25) is 0 Å². The Morgan fingerprint density at radius 1 is 0.236 bits per heavy atom. The van der Waals surface area contributed by atoms with Crippen molar-refractivity contribution >= 4 is 27.8 Å². The number of fused-ring (bicyclic) bond motifs is 4. The predicted octanol–water partition coefficient (Wildman–Crippen LogP) is 19.0. The van der Waals surface area contributed by atoms with Crippen LogP contribution < -0.4 is 4.90 Å². The van der Waals surface area contributed by atoms with Crippen molar-refractivity contribution in [2.24, 2.45) is 0 Å². The lowest BCUT2D eigenvalue weighted by Gasteiger charge is -2.34. The van der Waals surface area contributed by atoms with Crippen LogP contribution in [0.1, 0.15) is 22.3 Å². The summed E-state index contributed by atoms with van der Waals surface area (Å²) in [6.07, 6.45) is 0. The van der Waals surface area contributed by atoms with Crippen molar-refractivity contribution in [2.45, 2.75) is 5.41 Å². The molecule has 0 heterocycles. The summed E-state index contributed by atoms with van der Waals surface area (Å²) in [7, 11) is 0. The second kappa shape index (κ2) is 18.2. The summed E-state index contributed by atoms with van der Waals surface area (Å²) >= 11 is 0. The lowest BCUT2D eigenvalue weighted by atomic mass is 9.67. The third-order valence-corrected chi connectivity index (χ3v) is 14.8. The van der Waals surface area contributed by atoms with Crippen molar-refractivity contribution in [3.63, 3.8) is 0 Å². The van der Waals surface area contributed by atoms with Crippen LogP contribution >= 0.6 is 0 Å². The molecule has 0 unspecified atom stereocenters. The van der Waals surface area contributed by atoms with Gasteiger partial charge in [-0.2, -0.15) is 0 Å². The number of anilines is 3. The normalized spacial score (nSPS) is 12.3. The average Bonchev–Trinajstić information content (AvgIpc) is 3.78. The highest BCUT2D eigenvalue weighted by atomic mass is 15.1. The molecule has 0 spiro atoms. The van der Waals surface area contributed by atoms with E-state index in [1.165, 1.54) is 88.7 Å². The number of rotatable bonds is 10. The maximum absolute atomic E-state index is 2.41. The van der Waals surface area contributed by atoms with E-state index in [0.717, 1.165) is 28.2 Å². The Hall–Kier alpha value is -9.30. The maximum Gasteiger partial charge on any atom is 0.0713 e. The van der Waals surface area contributed by atoms with Gasteiger partial charge in [0.25, 0.3) is 0 Å². The second-order valence-corrected chi connectivity index (χ2v) is 18.7. The fraction of sp³-hybridized carbons (Fsp3) is 0.0141. The first-order valence-electron chi connectivity index (χ1n) is 24.9. The third-order valence-electron chi connectivity index (χ3n) is 14.8. The van der Waals surface area contributed by atoms with Gasteiger partial charge in [-0.05, 0) is 125 Å². The molecule has 0 aliphatic heterocycles. The molecule has 12 aromatic carbocycles. The molecule has 338 valence electrons. The minimum atomic E-state index is -0.463. The number of benzene rings is 12. The van der Waals surface area contributed by atoms with Crippen LogP contribution in [0, 0.1) is 0 Å². The Morgan fingerprint density at radius 2 is 0.625 bits per heavy atom. The first-order valence-corrected chi connectivity index (χ1v) is 24.9. The van der Waals surface area contributed by atoms with Crippen molar-refractivity contribution in [1.82, 2.24) is 0 Å². The van der Waals surface area contributed by atoms with Gasteiger partial charge in [0.15, 0.2) is 0 Å². The molecule has 1 aliphatic rings. The van der Waals surface area contributed by atoms with Crippen LogP contribution in [0.15, 0.2) is 297 Å². The van der Waals surface area contributed by atoms with E-state index in [4.69, 9.17) is 0 Å². The molecule has 0 bridgehead atoms. The summed E-state index contributed by atoms with van der Waals surface area (Å²) in [6.45, 7) is 0. The molecule has 0 saturated carbocycles. The van der Waals surface area contributed by atoms with Crippen LogP contribution in [0.25, 0.3) is 77.5 Å². The summed E-state index contributed by atoms with van der Waals surface area (Å²) < 4.78 is 0. The van der Waals surface area contributed by atoms with Crippen molar-refractivity contribution in [2.75, 3.05) is 4.90 Å². The van der Waals surface area contributed by atoms with Crippen molar-refractivity contribution in [3.05, 3.63) is 320 Å². The van der Waals surface area contributed by atoms with Gasteiger partial charge in [-0.15, -0.1) is 0 Å². The van der Waals surface area contributed by atoms with E-state index in [9.17, 15) is 0 Å². The smallest absolute Gasteiger partial charge is 0.0713 e. The highest BCUT2D eigenvalue weighted by Crippen LogP contribution is 2.58. The quantitative estimate of drug-likeness (QED) is 0.132. The van der Waals surface area contributed by atoms with Gasteiger partial charge in [0, 0.05) is 16.9 Å². The molecular formula is C71H49N. The summed E-state index contributed by atoms with van der Waals surface area (Å²) in [6, 6.07) is 109. The van der Waals surface area contributed by atoms with Crippen LogP contribution in [0.4, 0.5) is 17.1 Å². The van der Waals surface area contributed by atoms with Gasteiger partial charge < -0.3 is 4.90 Å². The van der Waals surface area contributed by atoms with E-state index in [2.05, 4.69) is 302 Å². The summed E-state index contributed by atoms with van der Waals surface area (Å²) in [5.74, 6) is 0. The fourth-order valence-electron chi connectivity index (χ4n) is 11.5. The molecule has 0 saturated heterocycles. The molecular weight excluding hydrogens is 867 g/mol. The first kappa shape index (κ1) is 42.8. The van der Waals surface area contributed by atoms with Crippen molar-refractivity contribution in [1.29, 1.82) is 0 Å². The van der Waals surface area contributed by atoms with Gasteiger partial charge in [0.1, 0.15) is 0 Å². The minimum absolute atomic E-state index is 0.463. The van der Waals surface area contributed by atoms with Crippen molar-refractivity contribution < 1.29 is 0 Å². The van der Waals surface area contributed by atoms with Gasteiger partial charge in [0.05, 0.1) is 11.1 Å². The van der Waals surface area contributed by atoms with Gasteiger partial charge in [-0.1, -0.05) is 267 Å². The summed E-state index contributed by atoms with van der Waals surface area (Å²) in [4.78, 5) is 2.41. The number of hydrogen-bond donors (Lipinski definition) is 0. The SMILES string of the molecule is c1ccc(-c2ccc(-c3ccccc3N(c3ccc(-c4ccc(-c5cccc6ccccc56)cc4)cc3)c3ccc(-c4cccc5c4-c4ccccc4C5(c4ccccc4)c4ccccc4)cc3)cc2)cc1. The monoisotopic (exact) mass is 915 g/mol. The largest absolute Gasteiger partial charge is 0.310 e. The second-order valence-electron chi connectivity index (χ2n) is 18.7. The lowest BCUT2D eigenvalue weighted by Crippen LogP contribution is -2.28. The molecule has 1 nitrogen and oxygen atoms in total. The zero-order valence-electron chi connectivity index (χ0n) is 39.7. The highest BCUT2D eigenvalue weighted by molar-refractivity contribution is 5.98. The Labute approximate surface area is 422 Å². The standard InChI is InChI=1S/C71H49N/c1-4-18-50(19-5-1)51-36-40-56(41-37-51)64-27-13-15-33-69(64)72(60-46-42-53(43-47-60)52-34-38-55(39-35-52)63-29-16-21-54-20-10-11-26-62(54)63)61-48-44-57(45-49-61)65-30-17-32-68-70(65)66-28-12-14-31-67(66)71(68,58-22-6-2-7-23-58)59-24-8-3-9-25-59/h1-49H. The maximum atomic E-state index is 2.41. The van der Waals surface area contributed by atoms with E-state index >= 15 is 0 Å². The molecule has 1 heteroatoms. The Bertz CT molecular complexity index is 3810. The van der Waals surface area contributed by atoms with Gasteiger partial charge in [0.2, 0.25) is 0 Å². The molecule has 1 aliphatic carbocycles. The van der Waals surface area contributed by atoms with Crippen molar-refractivity contribution in [3.8, 4) is 66.8 Å². The average molecular weight is 916 g/mol. The zero-order chi connectivity index (χ0) is 47.8. The molecule has 0 amide bonds. The molecule has 0 N–H and O–H groups in total. The molecule has 0 fully saturated rings. The first-order chi connectivity index (χ1) is 35.7. The van der Waals surface area contributed by atoms with Gasteiger partial charge >= 0.3 is 0 Å². The van der Waals surface area contributed by atoms with Crippen LogP contribution in [0.2, 0.25) is 0 Å². The minimum Gasteiger partial charge on any atom is -0.310 e. The summed E-state index contributed by atoms with van der Waals surface area (Å²) in [5.41, 5.74) is 22.5. The fourth-order valence-corrected chi connectivity index (χ4v) is 11.5. The van der Waals surface area contributed by atoms with Gasteiger partial charge in [-0.25, -0.2) is 0 Å².